The number of carbonyl (C=O) groups is 2. The molecule has 0 fully saturated rings. The van der Waals surface area contributed by atoms with Gasteiger partial charge in [0.05, 0.1) is 7.11 Å². The van der Waals surface area contributed by atoms with Crippen LogP contribution in [0, 0.1) is 0 Å². The highest BCUT2D eigenvalue weighted by atomic mass is 16.5. The Bertz CT molecular complexity index is 762. The smallest absolute Gasteiger partial charge is 0.251 e. The summed E-state index contributed by atoms with van der Waals surface area (Å²) in [6.07, 6.45) is 0.682. The Morgan fingerprint density at radius 2 is 1.50 bits per heavy atom. The topological polar surface area (TPSA) is 67.4 Å². The number of carbonyl (C=O) groups excluding carboxylic acids is 2. The molecule has 0 aliphatic carbocycles. The normalized spacial score (nSPS) is 10.9. The van der Waals surface area contributed by atoms with Gasteiger partial charge < -0.3 is 15.4 Å². The van der Waals surface area contributed by atoms with E-state index >= 15 is 0 Å². The van der Waals surface area contributed by atoms with Gasteiger partial charge in [0.1, 0.15) is 5.75 Å². The Morgan fingerprint density at radius 3 is 2.08 bits per heavy atom. The first kappa shape index (κ1) is 19.5. The molecule has 5 nitrogen and oxygen atoms in total. The number of amides is 2. The van der Waals surface area contributed by atoms with Crippen LogP contribution < -0.4 is 15.4 Å². The lowest BCUT2D eigenvalue weighted by atomic mass is 10.1. The van der Waals surface area contributed by atoms with Gasteiger partial charge >= 0.3 is 0 Å². The third-order valence-corrected chi connectivity index (χ3v) is 3.77. The van der Waals surface area contributed by atoms with Crippen molar-refractivity contribution in [1.82, 2.24) is 10.6 Å². The largest absolute Gasteiger partial charge is 0.496 e. The number of benzene rings is 2. The first-order chi connectivity index (χ1) is 12.3. The predicted octanol–water partition coefficient (Wildman–Crippen LogP) is 3.20. The van der Waals surface area contributed by atoms with Crippen molar-refractivity contribution in [2.75, 3.05) is 13.7 Å². The van der Waals surface area contributed by atoms with Gasteiger partial charge in [-0.2, -0.15) is 0 Å². The quantitative estimate of drug-likeness (QED) is 0.837. The second-order valence-electron chi connectivity index (χ2n) is 7.10. The van der Waals surface area contributed by atoms with Crippen molar-refractivity contribution >= 4 is 11.8 Å². The third kappa shape index (κ3) is 5.62. The van der Waals surface area contributed by atoms with E-state index in [2.05, 4.69) is 10.6 Å². The van der Waals surface area contributed by atoms with E-state index < -0.39 is 0 Å². The van der Waals surface area contributed by atoms with Crippen molar-refractivity contribution in [3.63, 3.8) is 0 Å². The van der Waals surface area contributed by atoms with Crippen LogP contribution in [-0.2, 0) is 6.42 Å². The molecule has 2 aromatic rings. The maximum atomic E-state index is 12.3. The van der Waals surface area contributed by atoms with Gasteiger partial charge in [-0.15, -0.1) is 0 Å². The van der Waals surface area contributed by atoms with Crippen LogP contribution in [0.4, 0.5) is 0 Å². The molecule has 0 heterocycles. The zero-order chi connectivity index (χ0) is 19.2. The van der Waals surface area contributed by atoms with Crippen molar-refractivity contribution < 1.29 is 14.3 Å². The van der Waals surface area contributed by atoms with Crippen LogP contribution in [0.2, 0.25) is 0 Å². The van der Waals surface area contributed by atoms with Crippen LogP contribution >= 0.6 is 0 Å². The van der Waals surface area contributed by atoms with E-state index in [1.807, 2.05) is 45.0 Å². The number of methoxy groups -OCH3 is 1. The summed E-state index contributed by atoms with van der Waals surface area (Å²) in [5, 5.41) is 5.79. The molecule has 0 atom stereocenters. The highest BCUT2D eigenvalue weighted by Crippen LogP contribution is 2.17. The predicted molar refractivity (Wildman–Crippen MR) is 103 cm³/mol. The van der Waals surface area contributed by atoms with E-state index in [0.29, 0.717) is 24.1 Å². The summed E-state index contributed by atoms with van der Waals surface area (Å²) in [5.41, 5.74) is 1.80. The van der Waals surface area contributed by atoms with Crippen molar-refractivity contribution in [3.05, 3.63) is 65.2 Å². The maximum Gasteiger partial charge on any atom is 0.251 e. The summed E-state index contributed by atoms with van der Waals surface area (Å²) in [6.45, 7) is 6.28. The third-order valence-electron chi connectivity index (χ3n) is 3.77. The lowest BCUT2D eigenvalue weighted by Crippen LogP contribution is -2.40. The fourth-order valence-electron chi connectivity index (χ4n) is 2.51. The zero-order valence-electron chi connectivity index (χ0n) is 15.8. The van der Waals surface area contributed by atoms with Gasteiger partial charge in [0.15, 0.2) is 0 Å². The number of nitrogens with one attached hydrogen (secondary N) is 2. The fourth-order valence-corrected chi connectivity index (χ4v) is 2.51. The van der Waals surface area contributed by atoms with Gasteiger partial charge in [0.2, 0.25) is 0 Å². The average molecular weight is 354 g/mol. The molecule has 0 saturated heterocycles. The van der Waals surface area contributed by atoms with Gasteiger partial charge in [-0.25, -0.2) is 0 Å². The lowest BCUT2D eigenvalue weighted by Gasteiger charge is -2.20. The molecule has 0 saturated carbocycles. The molecule has 26 heavy (non-hydrogen) atoms. The second kappa shape index (κ2) is 8.52. The molecule has 0 spiro atoms. The monoisotopic (exact) mass is 354 g/mol. The minimum absolute atomic E-state index is 0.152. The van der Waals surface area contributed by atoms with E-state index in [0.717, 1.165) is 11.3 Å². The Labute approximate surface area is 154 Å². The van der Waals surface area contributed by atoms with Crippen molar-refractivity contribution in [2.24, 2.45) is 0 Å². The van der Waals surface area contributed by atoms with E-state index in [-0.39, 0.29) is 17.4 Å². The van der Waals surface area contributed by atoms with Crippen LogP contribution in [0.15, 0.2) is 48.5 Å². The first-order valence-corrected chi connectivity index (χ1v) is 8.63. The number of ether oxygens (including phenoxy) is 1. The highest BCUT2D eigenvalue weighted by molar-refractivity contribution is 5.98. The van der Waals surface area contributed by atoms with E-state index in [1.165, 1.54) is 0 Å². The minimum atomic E-state index is -0.300. The molecule has 138 valence electrons. The summed E-state index contributed by atoms with van der Waals surface area (Å²) in [4.78, 5) is 24.4. The molecule has 0 aromatic heterocycles. The summed E-state index contributed by atoms with van der Waals surface area (Å²) < 4.78 is 5.31. The molecule has 0 aliphatic heterocycles. The molecule has 2 N–H and O–H groups in total. The molecule has 2 rings (SSSR count). The zero-order valence-corrected chi connectivity index (χ0v) is 15.8. The van der Waals surface area contributed by atoms with Crippen LogP contribution in [-0.4, -0.2) is 31.0 Å². The molecule has 0 unspecified atom stereocenters. The Hall–Kier alpha value is -2.82. The van der Waals surface area contributed by atoms with E-state index in [4.69, 9.17) is 4.74 Å². The molecule has 2 amide bonds. The van der Waals surface area contributed by atoms with Crippen LogP contribution in [0.1, 0.15) is 47.1 Å². The van der Waals surface area contributed by atoms with Crippen molar-refractivity contribution in [2.45, 2.75) is 32.7 Å². The fraction of sp³-hybridized carbons (Fsp3) is 0.333. The lowest BCUT2D eigenvalue weighted by molar-refractivity contribution is 0.0915. The van der Waals surface area contributed by atoms with Crippen LogP contribution in [0.5, 0.6) is 5.75 Å². The number of para-hydroxylation sites is 1. The standard InChI is InChI=1S/C21H26N2O3/c1-21(2,3)23-20(25)17-11-9-16(10-12-17)19(24)22-14-13-15-7-5-6-8-18(15)26-4/h5-12H,13-14H2,1-4H3,(H,22,24)(H,23,25). The summed E-state index contributed by atoms with van der Waals surface area (Å²) in [5.74, 6) is 0.499. The number of rotatable bonds is 6. The Kier molecular flexibility index (Phi) is 6.39. The van der Waals surface area contributed by atoms with Gasteiger partial charge in [-0.3, -0.25) is 9.59 Å². The van der Waals surface area contributed by atoms with E-state index in [1.54, 1.807) is 31.4 Å². The van der Waals surface area contributed by atoms with Crippen molar-refractivity contribution in [1.29, 1.82) is 0 Å². The van der Waals surface area contributed by atoms with Crippen LogP contribution in [0.3, 0.4) is 0 Å². The average Bonchev–Trinajstić information content (AvgIpc) is 2.60. The molecule has 5 heteroatoms. The molecule has 0 bridgehead atoms. The van der Waals surface area contributed by atoms with Gasteiger partial charge in [-0.05, 0) is 63.1 Å². The maximum absolute atomic E-state index is 12.3. The van der Waals surface area contributed by atoms with Gasteiger partial charge in [-0.1, -0.05) is 18.2 Å². The SMILES string of the molecule is COc1ccccc1CCNC(=O)c1ccc(C(=O)NC(C)(C)C)cc1. The Morgan fingerprint density at radius 1 is 0.923 bits per heavy atom. The molecule has 0 radical (unpaired) electrons. The van der Waals surface area contributed by atoms with Gasteiger partial charge in [0, 0.05) is 23.2 Å². The first-order valence-electron chi connectivity index (χ1n) is 8.63. The highest BCUT2D eigenvalue weighted by Gasteiger charge is 2.15. The summed E-state index contributed by atoms with van der Waals surface area (Å²) in [6, 6.07) is 14.4. The van der Waals surface area contributed by atoms with Crippen molar-refractivity contribution in [3.8, 4) is 5.75 Å². The summed E-state index contributed by atoms with van der Waals surface area (Å²) in [7, 11) is 1.63. The second-order valence-corrected chi connectivity index (χ2v) is 7.10. The number of hydrogen-bond acceptors (Lipinski definition) is 3. The molecular weight excluding hydrogens is 328 g/mol. The molecular formula is C21H26N2O3. The molecule has 0 aliphatic rings. The number of hydrogen-bond donors (Lipinski definition) is 2. The Balaban J connectivity index is 1.91. The molecule has 2 aromatic carbocycles. The summed E-state index contributed by atoms with van der Waals surface area (Å²) >= 11 is 0. The minimum Gasteiger partial charge on any atom is -0.496 e. The van der Waals surface area contributed by atoms with Gasteiger partial charge in [0.25, 0.3) is 11.8 Å². The van der Waals surface area contributed by atoms with E-state index in [9.17, 15) is 9.59 Å². The van der Waals surface area contributed by atoms with Crippen LogP contribution in [0.25, 0.3) is 0 Å².